The van der Waals surface area contributed by atoms with Crippen molar-refractivity contribution in [1.82, 2.24) is 0 Å². The van der Waals surface area contributed by atoms with Crippen molar-refractivity contribution >= 4 is 34.8 Å². The topological polar surface area (TPSA) is 0 Å². The van der Waals surface area contributed by atoms with Crippen molar-refractivity contribution in [2.75, 3.05) is 0 Å². The van der Waals surface area contributed by atoms with Crippen LogP contribution in [0.25, 0.3) is 0 Å². The lowest BCUT2D eigenvalue weighted by molar-refractivity contribution is 0.647. The van der Waals surface area contributed by atoms with Gasteiger partial charge in [-0.2, -0.15) is 0 Å². The van der Waals surface area contributed by atoms with Gasteiger partial charge in [-0.15, -0.1) is 11.6 Å². The molecule has 0 aliphatic rings. The van der Waals surface area contributed by atoms with E-state index < -0.39 is 0 Å². The fourth-order valence-electron chi connectivity index (χ4n) is 2.33. The molecule has 0 saturated heterocycles. The molecule has 0 bridgehead atoms. The van der Waals surface area contributed by atoms with Crippen molar-refractivity contribution in [1.29, 1.82) is 0 Å². The first-order valence-corrected chi connectivity index (χ1v) is 8.31. The zero-order valence-electron chi connectivity index (χ0n) is 12.2. The largest absolute Gasteiger partial charge is 0.117 e. The average Bonchev–Trinajstić information content (AvgIpc) is 2.43. The minimum Gasteiger partial charge on any atom is -0.117 e. The molecule has 0 aliphatic carbocycles. The van der Waals surface area contributed by atoms with E-state index in [1.54, 1.807) is 0 Å². The summed E-state index contributed by atoms with van der Waals surface area (Å²) in [4.78, 5) is 0. The van der Waals surface area contributed by atoms with E-state index in [1.165, 1.54) is 5.56 Å². The Balaban J connectivity index is 2.05. The van der Waals surface area contributed by atoms with Gasteiger partial charge < -0.3 is 0 Å². The van der Waals surface area contributed by atoms with Gasteiger partial charge in [-0.1, -0.05) is 67.4 Å². The molecule has 1 unspecified atom stereocenters. The smallest absolute Gasteiger partial charge is 0.0625 e. The Hall–Kier alpha value is -0.690. The van der Waals surface area contributed by atoms with Crippen LogP contribution in [-0.2, 0) is 12.8 Å². The van der Waals surface area contributed by atoms with E-state index >= 15 is 0 Å². The summed E-state index contributed by atoms with van der Waals surface area (Å²) in [5.74, 6) is 0.666. The molecular weight excluding hydrogens is 323 g/mol. The third kappa shape index (κ3) is 4.92. The molecule has 0 nitrogen and oxygen atoms in total. The minimum absolute atomic E-state index is 0.0599. The Bertz CT molecular complexity index is 588. The third-order valence-electron chi connectivity index (χ3n) is 3.38. The molecule has 0 aliphatic heterocycles. The van der Waals surface area contributed by atoms with Crippen molar-refractivity contribution < 1.29 is 0 Å². The number of halogens is 3. The fraction of sp³-hybridized carbons (Fsp3) is 0.333. The zero-order valence-corrected chi connectivity index (χ0v) is 14.5. The molecule has 112 valence electrons. The van der Waals surface area contributed by atoms with Crippen LogP contribution in [-0.4, -0.2) is 0 Å². The SMILES string of the molecule is CC(C)Cc1ccc(C(Cl)Cc2ccc(Cl)c(Cl)c2)cc1. The molecule has 21 heavy (non-hydrogen) atoms. The lowest BCUT2D eigenvalue weighted by Crippen LogP contribution is -1.98. The van der Waals surface area contributed by atoms with E-state index in [9.17, 15) is 0 Å². The molecule has 0 aromatic heterocycles. The van der Waals surface area contributed by atoms with Gasteiger partial charge >= 0.3 is 0 Å². The molecular formula is C18H19Cl3. The van der Waals surface area contributed by atoms with Crippen LogP contribution in [0, 0.1) is 5.92 Å². The summed E-state index contributed by atoms with van der Waals surface area (Å²) in [6.07, 6.45) is 1.84. The van der Waals surface area contributed by atoms with Gasteiger partial charge in [0, 0.05) is 0 Å². The Kier molecular flexibility index (Phi) is 5.98. The lowest BCUT2D eigenvalue weighted by atomic mass is 9.99. The van der Waals surface area contributed by atoms with Crippen molar-refractivity contribution in [2.45, 2.75) is 32.1 Å². The van der Waals surface area contributed by atoms with Gasteiger partial charge in [-0.25, -0.2) is 0 Å². The van der Waals surface area contributed by atoms with Gasteiger partial charge in [0.05, 0.1) is 15.4 Å². The molecule has 0 radical (unpaired) electrons. The van der Waals surface area contributed by atoms with Gasteiger partial charge in [0.25, 0.3) is 0 Å². The Morgan fingerprint density at radius 2 is 1.43 bits per heavy atom. The Morgan fingerprint density at radius 3 is 2.00 bits per heavy atom. The first-order chi connectivity index (χ1) is 9.95. The molecule has 2 aromatic carbocycles. The first kappa shape index (κ1) is 16.7. The maximum atomic E-state index is 6.51. The monoisotopic (exact) mass is 340 g/mol. The Morgan fingerprint density at radius 1 is 0.810 bits per heavy atom. The quantitative estimate of drug-likeness (QED) is 0.530. The predicted molar refractivity (Wildman–Crippen MR) is 93.7 cm³/mol. The molecule has 2 aromatic rings. The molecule has 1 atom stereocenters. The first-order valence-electron chi connectivity index (χ1n) is 7.12. The van der Waals surface area contributed by atoms with Crippen LogP contribution in [0.4, 0.5) is 0 Å². The van der Waals surface area contributed by atoms with Crippen molar-refractivity contribution in [2.24, 2.45) is 5.92 Å². The molecule has 0 spiro atoms. The van der Waals surface area contributed by atoms with Crippen molar-refractivity contribution in [3.8, 4) is 0 Å². The highest BCUT2D eigenvalue weighted by molar-refractivity contribution is 6.42. The highest BCUT2D eigenvalue weighted by Gasteiger charge is 2.10. The lowest BCUT2D eigenvalue weighted by Gasteiger charge is -2.12. The number of alkyl halides is 1. The van der Waals surface area contributed by atoms with E-state index in [1.807, 2.05) is 18.2 Å². The molecule has 2 rings (SSSR count). The van der Waals surface area contributed by atoms with Crippen LogP contribution in [0.1, 0.15) is 35.9 Å². The second kappa shape index (κ2) is 7.54. The normalized spacial score (nSPS) is 12.7. The van der Waals surface area contributed by atoms with Gasteiger partial charge in [-0.3, -0.25) is 0 Å². The predicted octanol–water partition coefficient (Wildman–Crippen LogP) is 6.71. The van der Waals surface area contributed by atoms with Gasteiger partial charge in [0.15, 0.2) is 0 Å². The van der Waals surface area contributed by atoms with Crippen molar-refractivity contribution in [3.05, 3.63) is 69.2 Å². The molecule has 3 heteroatoms. The van der Waals surface area contributed by atoms with E-state index in [2.05, 4.69) is 38.1 Å². The van der Waals surface area contributed by atoms with Crippen LogP contribution in [0.5, 0.6) is 0 Å². The maximum absolute atomic E-state index is 6.51. The Labute approximate surface area is 142 Å². The molecule has 0 saturated carbocycles. The average molecular weight is 342 g/mol. The van der Waals surface area contributed by atoms with Crippen LogP contribution in [0.15, 0.2) is 42.5 Å². The maximum Gasteiger partial charge on any atom is 0.0625 e. The number of benzene rings is 2. The summed E-state index contributed by atoms with van der Waals surface area (Å²) in [7, 11) is 0. The second-order valence-corrected chi connectivity index (χ2v) is 7.10. The molecule has 0 amide bonds. The van der Waals surface area contributed by atoms with E-state index in [-0.39, 0.29) is 5.38 Å². The van der Waals surface area contributed by atoms with Crippen LogP contribution in [0.2, 0.25) is 10.0 Å². The summed E-state index contributed by atoms with van der Waals surface area (Å²) < 4.78 is 0. The van der Waals surface area contributed by atoms with Crippen LogP contribution < -0.4 is 0 Å². The fourth-order valence-corrected chi connectivity index (χ4v) is 2.97. The van der Waals surface area contributed by atoms with Gasteiger partial charge in [0.1, 0.15) is 0 Å². The zero-order chi connectivity index (χ0) is 15.4. The second-order valence-electron chi connectivity index (χ2n) is 5.76. The third-order valence-corrected chi connectivity index (χ3v) is 4.53. The highest BCUT2D eigenvalue weighted by Crippen LogP contribution is 2.29. The van der Waals surface area contributed by atoms with Crippen LogP contribution in [0.3, 0.4) is 0 Å². The minimum atomic E-state index is -0.0599. The number of hydrogen-bond donors (Lipinski definition) is 0. The van der Waals surface area contributed by atoms with Crippen molar-refractivity contribution in [3.63, 3.8) is 0 Å². The summed E-state index contributed by atoms with van der Waals surface area (Å²) >= 11 is 18.5. The summed E-state index contributed by atoms with van der Waals surface area (Å²) in [6.45, 7) is 4.45. The molecule has 0 fully saturated rings. The van der Waals surface area contributed by atoms with E-state index in [4.69, 9.17) is 34.8 Å². The van der Waals surface area contributed by atoms with Gasteiger partial charge in [-0.05, 0) is 47.6 Å². The molecule has 0 heterocycles. The van der Waals surface area contributed by atoms with Crippen LogP contribution >= 0.6 is 34.8 Å². The highest BCUT2D eigenvalue weighted by atomic mass is 35.5. The number of hydrogen-bond acceptors (Lipinski definition) is 0. The summed E-state index contributed by atoms with van der Waals surface area (Å²) in [5.41, 5.74) is 3.58. The standard InChI is InChI=1S/C18H19Cl3/c1-12(2)9-13-3-6-15(7-4-13)17(20)10-14-5-8-16(19)18(21)11-14/h3-8,11-12,17H,9-10H2,1-2H3. The van der Waals surface area contributed by atoms with Gasteiger partial charge in [0.2, 0.25) is 0 Å². The van der Waals surface area contributed by atoms with E-state index in [0.717, 1.165) is 24.0 Å². The number of rotatable bonds is 5. The summed E-state index contributed by atoms with van der Waals surface area (Å²) in [6, 6.07) is 14.2. The summed E-state index contributed by atoms with van der Waals surface area (Å²) in [5, 5.41) is 1.09. The van der Waals surface area contributed by atoms with E-state index in [0.29, 0.717) is 16.0 Å². The molecule has 0 N–H and O–H groups in total.